The van der Waals surface area contributed by atoms with Gasteiger partial charge in [-0.25, -0.2) is 4.68 Å². The zero-order valence-corrected chi connectivity index (χ0v) is 47.0. The molecular weight excluding hydrogens is 971 g/mol. The molecule has 1 aromatic heterocycles. The highest BCUT2D eigenvalue weighted by Gasteiger charge is 2.56. The number of aliphatic hydroxyl groups excluding tert-OH is 4. The van der Waals surface area contributed by atoms with Crippen molar-refractivity contribution in [2.24, 2.45) is 29.6 Å². The van der Waals surface area contributed by atoms with Crippen molar-refractivity contribution in [2.75, 3.05) is 72.7 Å². The normalized spacial score (nSPS) is 39.7. The number of carbonyl (C=O) groups excluding carboxylic acids is 2. The lowest BCUT2D eigenvalue weighted by Crippen LogP contribution is -2.62. The molecule has 1 aromatic carbocycles. The molecule has 5 N–H and O–H groups in total. The number of rotatable bonds is 16. The first-order chi connectivity index (χ1) is 35.4. The van der Waals surface area contributed by atoms with E-state index < -0.39 is 120 Å². The van der Waals surface area contributed by atoms with E-state index >= 15 is 0 Å². The Morgan fingerprint density at radius 3 is 2.15 bits per heavy atom. The topological polar surface area (TPSA) is 246 Å². The van der Waals surface area contributed by atoms with Gasteiger partial charge in [-0.1, -0.05) is 52.0 Å². The third-order valence-electron chi connectivity index (χ3n) is 17.5. The molecule has 6 rings (SSSR count). The zero-order chi connectivity index (χ0) is 55.3. The molecule has 20 atom stereocenters. The first-order valence-corrected chi connectivity index (χ1v) is 27.1. The summed E-state index contributed by atoms with van der Waals surface area (Å²) in [7, 11) is 6.58. The Morgan fingerprint density at radius 2 is 1.55 bits per heavy atom. The van der Waals surface area contributed by atoms with Gasteiger partial charge in [-0.3, -0.25) is 9.59 Å². The van der Waals surface area contributed by atoms with Crippen LogP contribution < -0.4 is 4.90 Å². The van der Waals surface area contributed by atoms with Crippen molar-refractivity contribution >= 4 is 17.4 Å². The van der Waals surface area contributed by atoms with Crippen LogP contribution in [0, 0.1) is 29.6 Å². The van der Waals surface area contributed by atoms with Crippen LogP contribution in [0.3, 0.4) is 0 Å². The van der Waals surface area contributed by atoms with Crippen LogP contribution in [-0.4, -0.2) is 203 Å². The van der Waals surface area contributed by atoms with Crippen LogP contribution in [0.2, 0.25) is 0 Å². The van der Waals surface area contributed by atoms with Gasteiger partial charge in [0, 0.05) is 89.5 Å². The van der Waals surface area contributed by atoms with Gasteiger partial charge in [0.15, 0.2) is 6.29 Å². The number of hydrogen-bond donors (Lipinski definition) is 5. The third kappa shape index (κ3) is 13.3. The Hall–Kier alpha value is -3.22. The maximum absolute atomic E-state index is 14.6. The molecule has 2 aromatic rings. The summed E-state index contributed by atoms with van der Waals surface area (Å²) in [6, 6.07) is 7.13. The Labute approximate surface area is 444 Å². The fraction of sp³-hybridized carbons (Fsp3) is 0.818. The Bertz CT molecular complexity index is 2130. The summed E-state index contributed by atoms with van der Waals surface area (Å²) in [5.41, 5.74) is -1.70. The number of aromatic nitrogens is 3. The summed E-state index contributed by atoms with van der Waals surface area (Å²) in [5.74, 6) is -5.13. The van der Waals surface area contributed by atoms with Gasteiger partial charge in [0.25, 0.3) is 0 Å². The SMILES string of the molecule is CC[C@H]1OC(=O)[C@H](C)[C@@H](C2C[C@@](C)(OC)[C@@H](O)[C@H](C)O2)[C@H](C)[C@@H](O[C@@H]2O[C@H](C)C[C@H](N(C)CCc3cn([C@H](CO)[C@H](OC)c4ccc(N5CCOCC5)cc4)nn3)[C@H]2O)[C@](C)(OC)C[C@@H](C)C(=O)[C@H](C)[C@@H](O)[C@]1(C)O. The fourth-order valence-electron chi connectivity index (χ4n) is 12.6. The number of likely N-dealkylation sites (N-methyl/N-ethyl adjacent to an activating group) is 1. The second-order valence-corrected chi connectivity index (χ2v) is 22.8. The molecule has 4 aliphatic rings. The molecule has 0 spiro atoms. The predicted molar refractivity (Wildman–Crippen MR) is 278 cm³/mol. The van der Waals surface area contributed by atoms with Gasteiger partial charge >= 0.3 is 5.97 Å². The van der Waals surface area contributed by atoms with Crippen LogP contribution in [0.15, 0.2) is 30.5 Å². The van der Waals surface area contributed by atoms with Crippen molar-refractivity contribution in [1.82, 2.24) is 19.9 Å². The van der Waals surface area contributed by atoms with Crippen molar-refractivity contribution in [3.63, 3.8) is 0 Å². The number of cyclic esters (lactones) is 1. The molecule has 0 aliphatic carbocycles. The number of nitrogens with zero attached hydrogens (tertiary/aromatic N) is 5. The standard InChI is InChI=1S/C55H91N5O15/c1-15-43-55(10,67)48(64)35(6)45(62)31(2)27-54(9,70-14)50(33(4)44(34(5)51(66)74-43)42-28-53(8,69-13)49(65)36(7)73-42)75-52-46(63)40(26-32(3)72-52)58(11)21-20-38-29-60(57-56-38)41(30-61)47(68-12)37-16-18-39(19-17-37)59-22-24-71-25-23-59/h16-19,29,31-36,40-44,46-50,52,61,63-65,67H,15,20-28,30H2,1-14H3/t31-,32-,33+,34-,35+,36+,40+,41-,42?,43-,44+,46-,47-,48-,49+,50-,52+,53-,54-,55-/m1/s1. The van der Waals surface area contributed by atoms with E-state index in [0.717, 1.165) is 24.3 Å². The second-order valence-electron chi connectivity index (χ2n) is 22.8. The van der Waals surface area contributed by atoms with E-state index in [1.165, 1.54) is 21.1 Å². The Balaban J connectivity index is 1.27. The maximum atomic E-state index is 14.6. The number of carbonyl (C=O) groups is 2. The van der Waals surface area contributed by atoms with E-state index in [-0.39, 0.29) is 37.8 Å². The quantitative estimate of drug-likeness (QED) is 0.151. The molecule has 20 heteroatoms. The van der Waals surface area contributed by atoms with Crippen LogP contribution >= 0.6 is 0 Å². The molecular formula is C55H91N5O15. The van der Waals surface area contributed by atoms with E-state index in [0.29, 0.717) is 38.3 Å². The predicted octanol–water partition coefficient (Wildman–Crippen LogP) is 3.68. The van der Waals surface area contributed by atoms with Gasteiger partial charge in [0.2, 0.25) is 0 Å². The van der Waals surface area contributed by atoms with Crippen molar-refractivity contribution in [3.05, 3.63) is 41.7 Å². The van der Waals surface area contributed by atoms with Gasteiger partial charge in [-0.2, -0.15) is 0 Å². The van der Waals surface area contributed by atoms with Crippen molar-refractivity contribution < 1.29 is 73.0 Å². The number of ether oxygens (including phenoxy) is 8. The number of morpholine rings is 1. The fourth-order valence-corrected chi connectivity index (χ4v) is 12.6. The monoisotopic (exact) mass is 1060 g/mol. The summed E-state index contributed by atoms with van der Waals surface area (Å²) in [4.78, 5) is 33.3. The van der Waals surface area contributed by atoms with Crippen LogP contribution in [0.5, 0.6) is 0 Å². The van der Waals surface area contributed by atoms with Crippen LogP contribution in [0.25, 0.3) is 0 Å². The van der Waals surface area contributed by atoms with E-state index in [1.54, 1.807) is 53.3 Å². The highest BCUT2D eigenvalue weighted by molar-refractivity contribution is 5.83. The number of ketones is 1. The molecule has 20 nitrogen and oxygen atoms in total. The molecule has 4 saturated heterocycles. The number of methoxy groups -OCH3 is 3. The summed E-state index contributed by atoms with van der Waals surface area (Å²) >= 11 is 0. The lowest BCUT2D eigenvalue weighted by molar-refractivity contribution is -0.305. The van der Waals surface area contributed by atoms with E-state index in [2.05, 4.69) is 27.3 Å². The van der Waals surface area contributed by atoms with Gasteiger partial charge in [0.1, 0.15) is 41.8 Å². The molecule has 4 fully saturated rings. The molecule has 5 heterocycles. The Morgan fingerprint density at radius 1 is 0.893 bits per heavy atom. The first-order valence-electron chi connectivity index (χ1n) is 27.1. The van der Waals surface area contributed by atoms with Crippen molar-refractivity contribution in [1.29, 1.82) is 0 Å². The number of Topliss-reactive ketones (excluding diaryl/α,β-unsaturated/α-hetero) is 1. The van der Waals surface area contributed by atoms with Crippen molar-refractivity contribution in [3.8, 4) is 0 Å². The zero-order valence-electron chi connectivity index (χ0n) is 47.0. The van der Waals surface area contributed by atoms with Gasteiger partial charge in [-0.15, -0.1) is 5.10 Å². The highest BCUT2D eigenvalue weighted by Crippen LogP contribution is 2.46. The molecule has 4 aliphatic heterocycles. The molecule has 0 bridgehead atoms. The number of anilines is 1. The van der Waals surface area contributed by atoms with Crippen molar-refractivity contribution in [2.45, 2.75) is 191 Å². The molecule has 426 valence electrons. The minimum absolute atomic E-state index is 0.0849. The Kier molecular flexibility index (Phi) is 20.9. The van der Waals surface area contributed by atoms with Crippen LogP contribution in [0.4, 0.5) is 5.69 Å². The molecule has 0 amide bonds. The summed E-state index contributed by atoms with van der Waals surface area (Å²) < 4.78 is 51.9. The summed E-state index contributed by atoms with van der Waals surface area (Å²) in [6.07, 6.45) is -6.35. The lowest BCUT2D eigenvalue weighted by Gasteiger charge is -2.52. The number of benzene rings is 1. The number of aliphatic hydroxyl groups is 5. The van der Waals surface area contributed by atoms with Gasteiger partial charge < -0.3 is 73.2 Å². The largest absolute Gasteiger partial charge is 0.459 e. The van der Waals surface area contributed by atoms with Gasteiger partial charge in [-0.05, 0) is 84.5 Å². The third-order valence-corrected chi connectivity index (χ3v) is 17.5. The summed E-state index contributed by atoms with van der Waals surface area (Å²) in [5, 5.41) is 66.9. The average Bonchev–Trinajstić information content (AvgIpc) is 3.87. The van der Waals surface area contributed by atoms with Crippen LogP contribution in [0.1, 0.15) is 118 Å². The first kappa shape index (κ1) is 61.0. The van der Waals surface area contributed by atoms with E-state index in [4.69, 9.17) is 37.9 Å². The lowest BCUT2D eigenvalue weighted by atomic mass is 9.67. The summed E-state index contributed by atoms with van der Waals surface area (Å²) in [6.45, 7) is 20.6. The average molecular weight is 1060 g/mol. The minimum Gasteiger partial charge on any atom is -0.459 e. The number of esters is 1. The molecule has 1 unspecified atom stereocenters. The van der Waals surface area contributed by atoms with E-state index in [1.807, 2.05) is 51.0 Å². The van der Waals surface area contributed by atoms with E-state index in [9.17, 15) is 35.1 Å². The molecule has 0 radical (unpaired) electrons. The number of hydrogen-bond acceptors (Lipinski definition) is 19. The highest BCUT2D eigenvalue weighted by atomic mass is 16.7. The molecule has 75 heavy (non-hydrogen) atoms. The second kappa shape index (κ2) is 25.7. The van der Waals surface area contributed by atoms with Gasteiger partial charge in [0.05, 0.1) is 73.2 Å². The maximum Gasteiger partial charge on any atom is 0.309 e. The molecule has 0 saturated carbocycles. The van der Waals surface area contributed by atoms with Crippen LogP contribution in [-0.2, 0) is 53.9 Å². The smallest absolute Gasteiger partial charge is 0.309 e. The minimum atomic E-state index is -1.99.